The number of hydrogen-bond donors (Lipinski definition) is 1. The minimum Gasteiger partial charge on any atom is -0.495 e. The van der Waals surface area contributed by atoms with Gasteiger partial charge in [0, 0.05) is 38.8 Å². The maximum Gasteiger partial charge on any atom is 0.142 e. The molecule has 0 amide bonds. The number of para-hydroxylation sites is 2. The maximum absolute atomic E-state index is 6.09. The summed E-state index contributed by atoms with van der Waals surface area (Å²) in [6, 6.07) is 8.47. The SMILES string of the molecule is COc1ccccc1N1CCN(CC(C)(C)C(C)N)CC1. The van der Waals surface area contributed by atoms with E-state index in [2.05, 4.69) is 42.7 Å². The average Bonchev–Trinajstić information content (AvgIpc) is 2.47. The van der Waals surface area contributed by atoms with E-state index in [1.807, 2.05) is 12.1 Å². The molecule has 0 radical (unpaired) electrons. The number of nitrogens with two attached hydrogens (primary N) is 1. The van der Waals surface area contributed by atoms with E-state index in [0.717, 1.165) is 38.5 Å². The van der Waals surface area contributed by atoms with Crippen LogP contribution in [0.25, 0.3) is 0 Å². The monoisotopic (exact) mass is 291 g/mol. The molecule has 1 saturated heterocycles. The van der Waals surface area contributed by atoms with Crippen LogP contribution in [0.3, 0.4) is 0 Å². The lowest BCUT2D eigenvalue weighted by Crippen LogP contribution is -2.52. The smallest absolute Gasteiger partial charge is 0.142 e. The molecule has 0 bridgehead atoms. The van der Waals surface area contributed by atoms with Gasteiger partial charge in [0.25, 0.3) is 0 Å². The van der Waals surface area contributed by atoms with Gasteiger partial charge >= 0.3 is 0 Å². The third kappa shape index (κ3) is 3.89. The van der Waals surface area contributed by atoms with Crippen molar-refractivity contribution in [2.24, 2.45) is 11.1 Å². The predicted octanol–water partition coefficient (Wildman–Crippen LogP) is 2.19. The Morgan fingerprint density at radius 1 is 1.19 bits per heavy atom. The highest BCUT2D eigenvalue weighted by atomic mass is 16.5. The molecule has 21 heavy (non-hydrogen) atoms. The van der Waals surface area contributed by atoms with Crippen molar-refractivity contribution in [2.45, 2.75) is 26.8 Å². The minimum absolute atomic E-state index is 0.159. The molecule has 1 unspecified atom stereocenters. The van der Waals surface area contributed by atoms with Crippen LogP contribution in [0.4, 0.5) is 5.69 Å². The summed E-state index contributed by atoms with van der Waals surface area (Å²) in [5, 5.41) is 0. The number of rotatable bonds is 5. The molecule has 1 atom stereocenters. The van der Waals surface area contributed by atoms with E-state index >= 15 is 0 Å². The predicted molar refractivity (Wildman–Crippen MR) is 89.1 cm³/mol. The fourth-order valence-corrected chi connectivity index (χ4v) is 2.76. The highest BCUT2D eigenvalue weighted by Crippen LogP contribution is 2.29. The van der Waals surface area contributed by atoms with E-state index in [4.69, 9.17) is 10.5 Å². The number of piperazine rings is 1. The molecule has 1 aromatic carbocycles. The van der Waals surface area contributed by atoms with Crippen molar-refractivity contribution in [2.75, 3.05) is 44.7 Å². The second kappa shape index (κ2) is 6.67. The quantitative estimate of drug-likeness (QED) is 0.903. The van der Waals surface area contributed by atoms with Crippen LogP contribution in [0.15, 0.2) is 24.3 Å². The first-order valence-electron chi connectivity index (χ1n) is 7.80. The molecule has 0 spiro atoms. The molecule has 1 aliphatic rings. The van der Waals surface area contributed by atoms with Crippen molar-refractivity contribution in [1.29, 1.82) is 0 Å². The van der Waals surface area contributed by atoms with Crippen LogP contribution < -0.4 is 15.4 Å². The summed E-state index contributed by atoms with van der Waals surface area (Å²) in [5.74, 6) is 0.960. The fraction of sp³-hybridized carbons (Fsp3) is 0.647. The van der Waals surface area contributed by atoms with E-state index < -0.39 is 0 Å². The number of benzene rings is 1. The molecule has 0 aliphatic carbocycles. The summed E-state index contributed by atoms with van der Waals surface area (Å²) in [6.07, 6.45) is 0. The normalized spacial score (nSPS) is 18.6. The molecular weight excluding hydrogens is 262 g/mol. The Morgan fingerprint density at radius 2 is 1.81 bits per heavy atom. The largest absolute Gasteiger partial charge is 0.495 e. The van der Waals surface area contributed by atoms with Crippen LogP contribution in [0.1, 0.15) is 20.8 Å². The zero-order valence-corrected chi connectivity index (χ0v) is 13.8. The first kappa shape index (κ1) is 16.1. The molecule has 4 heteroatoms. The summed E-state index contributed by atoms with van der Waals surface area (Å²) in [6.45, 7) is 11.9. The summed E-state index contributed by atoms with van der Waals surface area (Å²) < 4.78 is 5.47. The molecule has 2 rings (SSSR count). The van der Waals surface area contributed by atoms with Gasteiger partial charge in [0.05, 0.1) is 12.8 Å². The second-order valence-corrected chi connectivity index (χ2v) is 6.71. The van der Waals surface area contributed by atoms with Crippen LogP contribution in [-0.4, -0.2) is 50.8 Å². The van der Waals surface area contributed by atoms with Crippen LogP contribution in [0, 0.1) is 5.41 Å². The van der Waals surface area contributed by atoms with Gasteiger partial charge in [0.1, 0.15) is 5.75 Å². The zero-order valence-electron chi connectivity index (χ0n) is 13.8. The molecule has 118 valence electrons. The zero-order chi connectivity index (χ0) is 15.5. The number of ether oxygens (including phenoxy) is 1. The van der Waals surface area contributed by atoms with Crippen molar-refractivity contribution in [3.05, 3.63) is 24.3 Å². The topological polar surface area (TPSA) is 41.7 Å². The van der Waals surface area contributed by atoms with Crippen LogP contribution in [-0.2, 0) is 0 Å². The van der Waals surface area contributed by atoms with Gasteiger partial charge in [-0.05, 0) is 24.5 Å². The summed E-state index contributed by atoms with van der Waals surface area (Å²) in [7, 11) is 1.74. The third-order valence-electron chi connectivity index (χ3n) is 4.66. The van der Waals surface area contributed by atoms with Gasteiger partial charge in [0.2, 0.25) is 0 Å². The van der Waals surface area contributed by atoms with Crippen LogP contribution in [0.2, 0.25) is 0 Å². The number of anilines is 1. The number of hydrogen-bond acceptors (Lipinski definition) is 4. The van der Waals surface area contributed by atoms with E-state index in [9.17, 15) is 0 Å². The van der Waals surface area contributed by atoms with Gasteiger partial charge in [-0.3, -0.25) is 4.90 Å². The number of nitrogens with zero attached hydrogens (tertiary/aromatic N) is 2. The highest BCUT2D eigenvalue weighted by Gasteiger charge is 2.28. The number of methoxy groups -OCH3 is 1. The van der Waals surface area contributed by atoms with Gasteiger partial charge in [-0.15, -0.1) is 0 Å². The van der Waals surface area contributed by atoms with Crippen molar-refractivity contribution in [3.8, 4) is 5.75 Å². The summed E-state index contributed by atoms with van der Waals surface area (Å²) in [5.41, 5.74) is 7.45. The van der Waals surface area contributed by atoms with Gasteiger partial charge in [-0.25, -0.2) is 0 Å². The van der Waals surface area contributed by atoms with Crippen molar-refractivity contribution >= 4 is 5.69 Å². The van der Waals surface area contributed by atoms with Gasteiger partial charge in [0.15, 0.2) is 0 Å². The Morgan fingerprint density at radius 3 is 2.38 bits per heavy atom. The first-order chi connectivity index (χ1) is 9.94. The van der Waals surface area contributed by atoms with Gasteiger partial charge < -0.3 is 15.4 Å². The fourth-order valence-electron chi connectivity index (χ4n) is 2.76. The molecule has 0 aromatic heterocycles. The molecule has 2 N–H and O–H groups in total. The van der Waals surface area contributed by atoms with Crippen LogP contribution in [0.5, 0.6) is 5.75 Å². The summed E-state index contributed by atoms with van der Waals surface area (Å²) in [4.78, 5) is 4.93. The molecule has 1 aliphatic heterocycles. The molecule has 1 fully saturated rings. The first-order valence-corrected chi connectivity index (χ1v) is 7.80. The second-order valence-electron chi connectivity index (χ2n) is 6.71. The third-order valence-corrected chi connectivity index (χ3v) is 4.66. The summed E-state index contributed by atoms with van der Waals surface area (Å²) >= 11 is 0. The minimum atomic E-state index is 0.159. The molecular formula is C17H29N3O. The van der Waals surface area contributed by atoms with Crippen LogP contribution >= 0.6 is 0 Å². The highest BCUT2D eigenvalue weighted by molar-refractivity contribution is 5.58. The lowest BCUT2D eigenvalue weighted by molar-refractivity contribution is 0.150. The lowest BCUT2D eigenvalue weighted by Gasteiger charge is -2.41. The Balaban J connectivity index is 1.94. The van der Waals surface area contributed by atoms with Crippen molar-refractivity contribution in [1.82, 2.24) is 4.90 Å². The van der Waals surface area contributed by atoms with Gasteiger partial charge in [-0.2, -0.15) is 0 Å². The van der Waals surface area contributed by atoms with E-state index in [1.54, 1.807) is 7.11 Å². The van der Waals surface area contributed by atoms with Crippen molar-refractivity contribution < 1.29 is 4.74 Å². The maximum atomic E-state index is 6.09. The van der Waals surface area contributed by atoms with E-state index in [1.165, 1.54) is 5.69 Å². The Hall–Kier alpha value is -1.26. The van der Waals surface area contributed by atoms with E-state index in [0.29, 0.717) is 0 Å². The lowest BCUT2D eigenvalue weighted by atomic mass is 9.85. The molecule has 1 aromatic rings. The Kier molecular flexibility index (Phi) is 5.12. The van der Waals surface area contributed by atoms with Gasteiger partial charge in [-0.1, -0.05) is 26.0 Å². The van der Waals surface area contributed by atoms with E-state index in [-0.39, 0.29) is 11.5 Å². The van der Waals surface area contributed by atoms with Crippen molar-refractivity contribution in [3.63, 3.8) is 0 Å². The molecule has 4 nitrogen and oxygen atoms in total. The standard InChI is InChI=1S/C17H29N3O/c1-14(18)17(2,3)13-19-9-11-20(12-10-19)15-7-5-6-8-16(15)21-4/h5-8,14H,9-13,18H2,1-4H3. The molecule has 0 saturated carbocycles. The molecule has 1 heterocycles. The average molecular weight is 291 g/mol. The Labute approximate surface area is 128 Å². The Bertz CT molecular complexity index is 451.